The molecule has 3 heteroatoms. The van der Waals surface area contributed by atoms with Gasteiger partial charge in [0.2, 0.25) is 0 Å². The maximum atomic E-state index is 12.4. The van der Waals surface area contributed by atoms with Crippen molar-refractivity contribution in [3.8, 4) is 0 Å². The highest BCUT2D eigenvalue weighted by molar-refractivity contribution is 9.09. The minimum atomic E-state index is 0.189. The maximum absolute atomic E-state index is 12.4. The van der Waals surface area contributed by atoms with Gasteiger partial charge in [0.05, 0.1) is 0 Å². The van der Waals surface area contributed by atoms with Crippen LogP contribution in [0.4, 0.5) is 0 Å². The minimum Gasteiger partial charge on any atom is -0.338 e. The van der Waals surface area contributed by atoms with Gasteiger partial charge in [-0.25, -0.2) is 0 Å². The number of piperidine rings is 1. The average Bonchev–Trinajstić information content (AvgIpc) is 2.38. The first-order valence-electron chi connectivity index (χ1n) is 6.13. The highest BCUT2D eigenvalue weighted by Gasteiger charge is 2.24. The zero-order valence-corrected chi connectivity index (χ0v) is 11.7. The first kappa shape index (κ1) is 12.6. The fourth-order valence-corrected chi connectivity index (χ4v) is 2.89. The third-order valence-corrected chi connectivity index (χ3v) is 4.32. The van der Waals surface area contributed by atoms with Crippen LogP contribution in [0.3, 0.4) is 0 Å². The summed E-state index contributed by atoms with van der Waals surface area (Å²) >= 11 is 3.52. The second-order valence-corrected chi connectivity index (χ2v) is 5.38. The Hall–Kier alpha value is -0.830. The Kier molecular flexibility index (Phi) is 4.21. The molecule has 0 radical (unpaired) electrons. The van der Waals surface area contributed by atoms with Crippen LogP contribution in [0, 0.1) is 12.8 Å². The highest BCUT2D eigenvalue weighted by Crippen LogP contribution is 2.21. The molecule has 1 aliphatic rings. The number of carbonyl (C=O) groups is 1. The molecule has 1 atom stereocenters. The van der Waals surface area contributed by atoms with E-state index in [-0.39, 0.29) is 5.91 Å². The van der Waals surface area contributed by atoms with Crippen molar-refractivity contribution in [2.24, 2.45) is 5.92 Å². The number of likely N-dealkylation sites (tertiary alicyclic amines) is 1. The number of carbonyl (C=O) groups excluding carboxylic acids is 1. The summed E-state index contributed by atoms with van der Waals surface area (Å²) in [6.07, 6.45) is 2.34. The fourth-order valence-electron chi connectivity index (χ4n) is 2.36. The van der Waals surface area contributed by atoms with E-state index in [0.717, 1.165) is 36.0 Å². The number of aryl methyl sites for hydroxylation is 1. The monoisotopic (exact) mass is 295 g/mol. The maximum Gasteiger partial charge on any atom is 0.254 e. The van der Waals surface area contributed by atoms with Crippen LogP contribution in [0.5, 0.6) is 0 Å². The lowest BCUT2D eigenvalue weighted by Gasteiger charge is -2.32. The van der Waals surface area contributed by atoms with Crippen molar-refractivity contribution in [3.05, 3.63) is 35.4 Å². The summed E-state index contributed by atoms with van der Waals surface area (Å²) in [5.74, 6) is 0.797. The zero-order valence-electron chi connectivity index (χ0n) is 10.2. The molecule has 0 spiro atoms. The summed E-state index contributed by atoms with van der Waals surface area (Å²) in [5.41, 5.74) is 1.92. The molecule has 1 fully saturated rings. The molecule has 0 aliphatic carbocycles. The van der Waals surface area contributed by atoms with Crippen molar-refractivity contribution < 1.29 is 4.79 Å². The third kappa shape index (κ3) is 2.89. The molecule has 2 rings (SSSR count). The second-order valence-electron chi connectivity index (χ2n) is 4.73. The van der Waals surface area contributed by atoms with Crippen molar-refractivity contribution in [1.29, 1.82) is 0 Å². The van der Waals surface area contributed by atoms with E-state index in [1.165, 1.54) is 6.42 Å². The summed E-state index contributed by atoms with van der Waals surface area (Å²) < 4.78 is 0. The molecule has 1 heterocycles. The summed E-state index contributed by atoms with van der Waals surface area (Å²) in [6.45, 7) is 3.79. The largest absolute Gasteiger partial charge is 0.338 e. The van der Waals surface area contributed by atoms with E-state index in [1.807, 2.05) is 36.1 Å². The number of alkyl halides is 1. The number of hydrogen-bond acceptors (Lipinski definition) is 1. The molecule has 1 aromatic carbocycles. The minimum absolute atomic E-state index is 0.189. The van der Waals surface area contributed by atoms with Crippen LogP contribution >= 0.6 is 15.9 Å². The third-order valence-electron chi connectivity index (χ3n) is 3.40. The van der Waals surface area contributed by atoms with Gasteiger partial charge in [-0.05, 0) is 37.3 Å². The van der Waals surface area contributed by atoms with Gasteiger partial charge in [-0.1, -0.05) is 34.1 Å². The Balaban J connectivity index is 2.12. The lowest BCUT2D eigenvalue weighted by Crippen LogP contribution is -2.40. The van der Waals surface area contributed by atoms with Crippen molar-refractivity contribution in [3.63, 3.8) is 0 Å². The lowest BCUT2D eigenvalue weighted by atomic mass is 9.98. The predicted octanol–water partition coefficient (Wildman–Crippen LogP) is 3.24. The molecule has 1 aliphatic heterocycles. The topological polar surface area (TPSA) is 20.3 Å². The van der Waals surface area contributed by atoms with Gasteiger partial charge in [0.15, 0.2) is 0 Å². The quantitative estimate of drug-likeness (QED) is 0.767. The van der Waals surface area contributed by atoms with Gasteiger partial charge in [-0.15, -0.1) is 0 Å². The number of benzene rings is 1. The van der Waals surface area contributed by atoms with Crippen LogP contribution in [0.15, 0.2) is 24.3 Å². The van der Waals surface area contributed by atoms with E-state index in [4.69, 9.17) is 0 Å². The standard InChI is InChI=1S/C14H18BrNO/c1-11-5-2-3-7-13(11)14(17)16-8-4-6-12(9-15)10-16/h2-3,5,7,12H,4,6,8-10H2,1H3. The summed E-state index contributed by atoms with van der Waals surface area (Å²) in [4.78, 5) is 14.4. The predicted molar refractivity (Wildman–Crippen MR) is 73.6 cm³/mol. The van der Waals surface area contributed by atoms with E-state index in [2.05, 4.69) is 15.9 Å². The van der Waals surface area contributed by atoms with Crippen molar-refractivity contribution in [1.82, 2.24) is 4.90 Å². The van der Waals surface area contributed by atoms with Crippen LogP contribution in [-0.2, 0) is 0 Å². The van der Waals surface area contributed by atoms with Gasteiger partial charge in [-0.2, -0.15) is 0 Å². The van der Waals surface area contributed by atoms with Crippen LogP contribution in [0.25, 0.3) is 0 Å². The number of amides is 1. The van der Waals surface area contributed by atoms with Gasteiger partial charge in [0.25, 0.3) is 5.91 Å². The van der Waals surface area contributed by atoms with Gasteiger partial charge < -0.3 is 4.90 Å². The van der Waals surface area contributed by atoms with E-state index in [9.17, 15) is 4.79 Å². The van der Waals surface area contributed by atoms with E-state index in [0.29, 0.717) is 5.92 Å². The summed E-state index contributed by atoms with van der Waals surface area (Å²) in [7, 11) is 0. The molecule has 1 amide bonds. The van der Waals surface area contributed by atoms with Crippen LogP contribution in [0.1, 0.15) is 28.8 Å². The molecular weight excluding hydrogens is 278 g/mol. The molecule has 1 saturated heterocycles. The van der Waals surface area contributed by atoms with Crippen molar-refractivity contribution >= 4 is 21.8 Å². The molecule has 0 aromatic heterocycles. The molecule has 2 nitrogen and oxygen atoms in total. The van der Waals surface area contributed by atoms with Gasteiger partial charge in [0, 0.05) is 24.0 Å². The zero-order chi connectivity index (χ0) is 12.3. The normalized spacial score (nSPS) is 20.4. The summed E-state index contributed by atoms with van der Waals surface area (Å²) in [6, 6.07) is 7.84. The van der Waals surface area contributed by atoms with Crippen LogP contribution < -0.4 is 0 Å². The van der Waals surface area contributed by atoms with Gasteiger partial charge in [-0.3, -0.25) is 4.79 Å². The SMILES string of the molecule is Cc1ccccc1C(=O)N1CCCC(CBr)C1. The molecule has 1 unspecified atom stereocenters. The Labute approximate surface area is 111 Å². The van der Waals surface area contributed by atoms with E-state index >= 15 is 0 Å². The van der Waals surface area contributed by atoms with Gasteiger partial charge >= 0.3 is 0 Å². The smallest absolute Gasteiger partial charge is 0.254 e. The average molecular weight is 296 g/mol. The molecule has 17 heavy (non-hydrogen) atoms. The van der Waals surface area contributed by atoms with Crippen molar-refractivity contribution in [2.75, 3.05) is 18.4 Å². The lowest BCUT2D eigenvalue weighted by molar-refractivity contribution is 0.0685. The number of nitrogens with zero attached hydrogens (tertiary/aromatic N) is 1. The molecule has 0 saturated carbocycles. The second kappa shape index (κ2) is 5.67. The van der Waals surface area contributed by atoms with E-state index < -0.39 is 0 Å². The first-order valence-corrected chi connectivity index (χ1v) is 7.25. The van der Waals surface area contributed by atoms with Crippen LogP contribution in [-0.4, -0.2) is 29.2 Å². The highest BCUT2D eigenvalue weighted by atomic mass is 79.9. The molecule has 92 valence electrons. The molecular formula is C14H18BrNO. The van der Waals surface area contributed by atoms with Crippen molar-refractivity contribution in [2.45, 2.75) is 19.8 Å². The number of halogens is 1. The van der Waals surface area contributed by atoms with E-state index in [1.54, 1.807) is 0 Å². The number of rotatable bonds is 2. The summed E-state index contributed by atoms with van der Waals surface area (Å²) in [5, 5.41) is 0.991. The molecule has 1 aromatic rings. The number of hydrogen-bond donors (Lipinski definition) is 0. The van der Waals surface area contributed by atoms with Gasteiger partial charge in [0.1, 0.15) is 0 Å². The first-order chi connectivity index (χ1) is 8.22. The van der Waals surface area contributed by atoms with Crippen LogP contribution in [0.2, 0.25) is 0 Å². The molecule has 0 bridgehead atoms. The fraction of sp³-hybridized carbons (Fsp3) is 0.500. The Morgan fingerprint density at radius 2 is 2.24 bits per heavy atom. The Morgan fingerprint density at radius 1 is 1.47 bits per heavy atom. The molecule has 0 N–H and O–H groups in total. The Morgan fingerprint density at radius 3 is 2.94 bits per heavy atom. The Bertz CT molecular complexity index is 405.